The van der Waals surface area contributed by atoms with E-state index in [1.54, 1.807) is 6.92 Å². The maximum Gasteiger partial charge on any atom is 0.310 e. The van der Waals surface area contributed by atoms with Crippen molar-refractivity contribution in [2.24, 2.45) is 5.92 Å². The molecule has 1 aliphatic carbocycles. The number of rotatable bonds is 7. The zero-order chi connectivity index (χ0) is 15.8. The predicted octanol–water partition coefficient (Wildman–Crippen LogP) is 5.77. The lowest BCUT2D eigenvalue weighted by Gasteiger charge is -2.22. The number of allylic oxidation sites excluding steroid dienone is 2. The maximum absolute atomic E-state index is 11.3. The van der Waals surface area contributed by atoms with Crippen molar-refractivity contribution in [3.05, 3.63) is 35.9 Å². The van der Waals surface area contributed by atoms with Crippen LogP contribution in [0.5, 0.6) is 5.75 Å². The van der Waals surface area contributed by atoms with E-state index < -0.39 is 0 Å². The molecule has 0 radical (unpaired) electrons. The Morgan fingerprint density at radius 1 is 1.18 bits per heavy atom. The number of carbonyl (C=O) groups is 1. The maximum atomic E-state index is 11.3. The van der Waals surface area contributed by atoms with E-state index in [4.69, 9.17) is 4.74 Å². The van der Waals surface area contributed by atoms with Gasteiger partial charge in [0.15, 0.2) is 0 Å². The minimum Gasteiger partial charge on any atom is -0.427 e. The minimum atomic E-state index is -0.181. The summed E-state index contributed by atoms with van der Waals surface area (Å²) in [5.41, 5.74) is 2.71. The summed E-state index contributed by atoms with van der Waals surface area (Å²) in [6.45, 7) is 4.07. The van der Waals surface area contributed by atoms with Gasteiger partial charge in [-0.3, -0.25) is 4.79 Å². The van der Waals surface area contributed by atoms with Gasteiger partial charge >= 0.3 is 5.97 Å². The van der Waals surface area contributed by atoms with Crippen LogP contribution in [-0.2, 0) is 4.79 Å². The second kappa shape index (κ2) is 8.77. The van der Waals surface area contributed by atoms with E-state index in [9.17, 15) is 4.79 Å². The molecule has 1 aromatic rings. The highest BCUT2D eigenvalue weighted by Gasteiger charge is 2.15. The average Bonchev–Trinajstić information content (AvgIpc) is 2.56. The van der Waals surface area contributed by atoms with Crippen LogP contribution in [0.25, 0.3) is 5.57 Å². The van der Waals surface area contributed by atoms with Crippen LogP contribution in [-0.4, -0.2) is 5.97 Å². The fraction of sp³-hybridized carbons (Fsp3) is 0.550. The van der Waals surface area contributed by atoms with Gasteiger partial charge in [0.2, 0.25) is 0 Å². The molecule has 0 fully saturated rings. The van der Waals surface area contributed by atoms with Crippen LogP contribution in [0.3, 0.4) is 0 Å². The Morgan fingerprint density at radius 3 is 2.55 bits per heavy atom. The van der Waals surface area contributed by atoms with Crippen molar-refractivity contribution in [3.8, 4) is 5.75 Å². The van der Waals surface area contributed by atoms with Crippen LogP contribution in [0.4, 0.5) is 0 Å². The third-order valence-corrected chi connectivity index (χ3v) is 4.48. The first-order chi connectivity index (χ1) is 10.7. The molecule has 120 valence electrons. The number of ether oxygens (including phenoxy) is 1. The van der Waals surface area contributed by atoms with E-state index in [-0.39, 0.29) is 5.97 Å². The molecule has 0 heterocycles. The Hall–Kier alpha value is -1.57. The van der Waals surface area contributed by atoms with E-state index in [0.29, 0.717) is 12.2 Å². The van der Waals surface area contributed by atoms with Gasteiger partial charge in [-0.05, 0) is 48.4 Å². The molecule has 22 heavy (non-hydrogen) atoms. The zero-order valence-electron chi connectivity index (χ0n) is 13.9. The first-order valence-corrected chi connectivity index (χ1v) is 8.73. The van der Waals surface area contributed by atoms with Gasteiger partial charge in [0, 0.05) is 6.42 Å². The summed E-state index contributed by atoms with van der Waals surface area (Å²) in [5.74, 6) is 1.34. The number of esters is 1. The minimum absolute atomic E-state index is 0.181. The third-order valence-electron chi connectivity index (χ3n) is 4.48. The highest BCUT2D eigenvalue weighted by Crippen LogP contribution is 2.33. The van der Waals surface area contributed by atoms with Gasteiger partial charge in [-0.1, -0.05) is 57.7 Å². The highest BCUT2D eigenvalue weighted by molar-refractivity contribution is 5.72. The fourth-order valence-corrected chi connectivity index (χ4v) is 3.04. The lowest BCUT2D eigenvalue weighted by molar-refractivity contribution is -0.134. The van der Waals surface area contributed by atoms with Crippen molar-refractivity contribution in [1.82, 2.24) is 0 Å². The number of benzene rings is 1. The van der Waals surface area contributed by atoms with Crippen molar-refractivity contribution >= 4 is 11.5 Å². The van der Waals surface area contributed by atoms with E-state index in [0.717, 1.165) is 5.92 Å². The van der Waals surface area contributed by atoms with Crippen molar-refractivity contribution in [3.63, 3.8) is 0 Å². The Morgan fingerprint density at radius 2 is 1.95 bits per heavy atom. The lowest BCUT2D eigenvalue weighted by Crippen LogP contribution is -2.06. The normalized spacial score (nSPS) is 17.9. The summed E-state index contributed by atoms with van der Waals surface area (Å²) in [6, 6.07) is 7.94. The molecule has 1 aliphatic rings. The molecular formula is C20H28O2. The molecule has 1 atom stereocenters. The van der Waals surface area contributed by atoms with Gasteiger partial charge in [0.05, 0.1) is 0 Å². The Labute approximate surface area is 134 Å². The van der Waals surface area contributed by atoms with Crippen LogP contribution >= 0.6 is 0 Å². The molecule has 0 saturated heterocycles. The summed E-state index contributed by atoms with van der Waals surface area (Å²) in [6.07, 6.45) is 11.9. The lowest BCUT2D eigenvalue weighted by atomic mass is 9.84. The van der Waals surface area contributed by atoms with E-state index in [2.05, 4.69) is 25.1 Å². The topological polar surface area (TPSA) is 26.3 Å². The molecule has 0 saturated carbocycles. The standard InChI is InChI=1S/C20H28O2/c1-3-5-6-7-16-8-10-17(11-9-16)18-12-14-19(15-13-18)22-20(21)4-2/h10,12-16H,3-9,11H2,1-2H3. The number of unbranched alkanes of at least 4 members (excludes halogenated alkanes) is 2. The van der Waals surface area contributed by atoms with Gasteiger partial charge in [-0.2, -0.15) is 0 Å². The second-order valence-electron chi connectivity index (χ2n) is 6.22. The molecule has 0 N–H and O–H groups in total. The SMILES string of the molecule is CCCCCC1CC=C(c2ccc(OC(=O)CC)cc2)CC1. The predicted molar refractivity (Wildman–Crippen MR) is 91.8 cm³/mol. The molecule has 0 aromatic heterocycles. The van der Waals surface area contributed by atoms with Crippen molar-refractivity contribution in [1.29, 1.82) is 0 Å². The highest BCUT2D eigenvalue weighted by atomic mass is 16.5. The first-order valence-electron chi connectivity index (χ1n) is 8.73. The van der Waals surface area contributed by atoms with Gasteiger partial charge in [0.1, 0.15) is 5.75 Å². The molecule has 2 nitrogen and oxygen atoms in total. The van der Waals surface area contributed by atoms with Gasteiger partial charge in [-0.25, -0.2) is 0 Å². The summed E-state index contributed by atoms with van der Waals surface area (Å²) < 4.78 is 5.22. The third kappa shape index (κ3) is 5.01. The Bertz CT molecular complexity index is 499. The van der Waals surface area contributed by atoms with Crippen molar-refractivity contribution in [2.75, 3.05) is 0 Å². The van der Waals surface area contributed by atoms with Crippen LogP contribution in [0, 0.1) is 5.92 Å². The van der Waals surface area contributed by atoms with Crippen LogP contribution in [0.15, 0.2) is 30.3 Å². The van der Waals surface area contributed by atoms with Gasteiger partial charge < -0.3 is 4.74 Å². The Balaban J connectivity index is 1.88. The summed E-state index contributed by atoms with van der Waals surface area (Å²) in [4.78, 5) is 11.3. The molecule has 1 unspecified atom stereocenters. The largest absolute Gasteiger partial charge is 0.427 e. The van der Waals surface area contributed by atoms with Gasteiger partial charge in [-0.15, -0.1) is 0 Å². The smallest absolute Gasteiger partial charge is 0.310 e. The molecule has 0 spiro atoms. The van der Waals surface area contributed by atoms with Gasteiger partial charge in [0.25, 0.3) is 0 Å². The second-order valence-corrected chi connectivity index (χ2v) is 6.22. The van der Waals surface area contributed by atoms with E-state index >= 15 is 0 Å². The molecule has 1 aromatic carbocycles. The quantitative estimate of drug-likeness (QED) is 0.363. The average molecular weight is 300 g/mol. The zero-order valence-corrected chi connectivity index (χ0v) is 13.9. The van der Waals surface area contributed by atoms with E-state index in [1.165, 1.54) is 56.1 Å². The van der Waals surface area contributed by atoms with Crippen molar-refractivity contribution in [2.45, 2.75) is 65.2 Å². The molecule has 2 heteroatoms. The summed E-state index contributed by atoms with van der Waals surface area (Å²) in [7, 11) is 0. The monoisotopic (exact) mass is 300 g/mol. The number of hydrogen-bond acceptors (Lipinski definition) is 2. The van der Waals surface area contributed by atoms with E-state index in [1.807, 2.05) is 12.1 Å². The Kier molecular flexibility index (Phi) is 6.70. The molecule has 0 amide bonds. The fourth-order valence-electron chi connectivity index (χ4n) is 3.04. The number of carbonyl (C=O) groups excluding carboxylic acids is 1. The first kappa shape index (κ1) is 16.8. The molecular weight excluding hydrogens is 272 g/mol. The van der Waals surface area contributed by atoms with Crippen molar-refractivity contribution < 1.29 is 9.53 Å². The van der Waals surface area contributed by atoms with Crippen LogP contribution < -0.4 is 4.74 Å². The number of hydrogen-bond donors (Lipinski definition) is 0. The molecule has 0 aliphatic heterocycles. The summed E-state index contributed by atoms with van der Waals surface area (Å²) >= 11 is 0. The summed E-state index contributed by atoms with van der Waals surface area (Å²) in [5, 5.41) is 0. The molecule has 2 rings (SSSR count). The molecule has 0 bridgehead atoms. The van der Waals surface area contributed by atoms with Crippen LogP contribution in [0.2, 0.25) is 0 Å². The van der Waals surface area contributed by atoms with Crippen LogP contribution in [0.1, 0.15) is 70.8 Å².